The van der Waals surface area contributed by atoms with Crippen molar-refractivity contribution in [3.8, 4) is 5.75 Å². The van der Waals surface area contributed by atoms with Gasteiger partial charge in [0.25, 0.3) is 0 Å². The molecular weight excluding hydrogens is 289 g/mol. The van der Waals surface area contributed by atoms with Gasteiger partial charge in [0.1, 0.15) is 17.7 Å². The largest absolute Gasteiger partial charge is 0.490 e. The number of ether oxygens (including phenoxy) is 1. The maximum Gasteiger partial charge on any atom is 0.123 e. The van der Waals surface area contributed by atoms with Gasteiger partial charge in [0.05, 0.1) is 0 Å². The van der Waals surface area contributed by atoms with Crippen LogP contribution in [0.25, 0.3) is 0 Å². The van der Waals surface area contributed by atoms with Crippen LogP contribution in [0.15, 0.2) is 67.3 Å². The lowest BCUT2D eigenvalue weighted by molar-refractivity contribution is 0.0834. The normalized spacial score (nSPS) is 21.8. The summed E-state index contributed by atoms with van der Waals surface area (Å²) < 4.78 is 19.3. The molecule has 1 aliphatic rings. The van der Waals surface area contributed by atoms with E-state index in [4.69, 9.17) is 4.74 Å². The molecule has 1 saturated heterocycles. The highest BCUT2D eigenvalue weighted by molar-refractivity contribution is 5.26. The zero-order valence-electron chi connectivity index (χ0n) is 13.2. The molecule has 0 aliphatic carbocycles. The molecule has 3 heteroatoms. The number of likely N-dealkylation sites (tertiary alicyclic amines) is 1. The topological polar surface area (TPSA) is 12.5 Å². The van der Waals surface area contributed by atoms with Crippen molar-refractivity contribution in [2.24, 2.45) is 0 Å². The van der Waals surface area contributed by atoms with E-state index in [1.807, 2.05) is 12.1 Å². The zero-order chi connectivity index (χ0) is 16.1. The Kier molecular flexibility index (Phi) is 5.09. The van der Waals surface area contributed by atoms with Crippen molar-refractivity contribution in [3.63, 3.8) is 0 Å². The predicted molar refractivity (Wildman–Crippen MR) is 91.3 cm³/mol. The van der Waals surface area contributed by atoms with E-state index < -0.39 is 0 Å². The molecule has 2 aromatic carbocycles. The van der Waals surface area contributed by atoms with Crippen molar-refractivity contribution in [3.05, 3.63) is 78.6 Å². The van der Waals surface area contributed by atoms with E-state index in [0.717, 1.165) is 31.8 Å². The lowest BCUT2D eigenvalue weighted by Gasteiger charge is -2.38. The van der Waals surface area contributed by atoms with Crippen LogP contribution in [0.5, 0.6) is 5.75 Å². The maximum atomic E-state index is 13.1. The molecule has 23 heavy (non-hydrogen) atoms. The Morgan fingerprint density at radius 3 is 2.57 bits per heavy atom. The molecule has 0 saturated carbocycles. The fourth-order valence-electron chi connectivity index (χ4n) is 3.20. The number of halogens is 1. The first-order chi connectivity index (χ1) is 11.3. The second-order valence-corrected chi connectivity index (χ2v) is 5.96. The quantitative estimate of drug-likeness (QED) is 0.766. The molecule has 1 fully saturated rings. The summed E-state index contributed by atoms with van der Waals surface area (Å²) in [5, 5.41) is 0. The van der Waals surface area contributed by atoms with Gasteiger partial charge in [-0.3, -0.25) is 4.90 Å². The first-order valence-electron chi connectivity index (χ1n) is 8.06. The molecule has 2 atom stereocenters. The molecule has 2 aromatic rings. The van der Waals surface area contributed by atoms with Gasteiger partial charge in [0.15, 0.2) is 0 Å². The second kappa shape index (κ2) is 7.42. The number of nitrogens with zero attached hydrogens (tertiary/aromatic N) is 1. The van der Waals surface area contributed by atoms with Crippen LogP contribution in [0.2, 0.25) is 0 Å². The van der Waals surface area contributed by atoms with E-state index >= 15 is 0 Å². The van der Waals surface area contributed by atoms with E-state index in [2.05, 4.69) is 35.7 Å². The average Bonchev–Trinajstić information content (AvgIpc) is 2.59. The third kappa shape index (κ3) is 3.99. The number of benzene rings is 2. The third-order valence-electron chi connectivity index (χ3n) is 4.35. The van der Waals surface area contributed by atoms with Crippen LogP contribution in [-0.2, 0) is 0 Å². The van der Waals surface area contributed by atoms with Crippen LogP contribution in [0.4, 0.5) is 4.39 Å². The molecule has 0 unspecified atom stereocenters. The van der Waals surface area contributed by atoms with Gasteiger partial charge in [0, 0.05) is 25.6 Å². The Labute approximate surface area is 137 Å². The summed E-state index contributed by atoms with van der Waals surface area (Å²) in [5.74, 6) is 0.794. The Morgan fingerprint density at radius 1 is 1.13 bits per heavy atom. The fraction of sp³-hybridized carbons (Fsp3) is 0.300. The highest BCUT2D eigenvalue weighted by Gasteiger charge is 2.31. The van der Waals surface area contributed by atoms with Gasteiger partial charge in [-0.15, -0.1) is 6.58 Å². The van der Waals surface area contributed by atoms with Gasteiger partial charge >= 0.3 is 0 Å². The van der Waals surface area contributed by atoms with E-state index in [-0.39, 0.29) is 11.9 Å². The monoisotopic (exact) mass is 311 g/mol. The summed E-state index contributed by atoms with van der Waals surface area (Å²) in [5.41, 5.74) is 1.29. The molecule has 2 nitrogen and oxygen atoms in total. The molecule has 1 aliphatic heterocycles. The van der Waals surface area contributed by atoms with Crippen molar-refractivity contribution in [2.45, 2.75) is 18.4 Å². The molecule has 0 bridgehead atoms. The van der Waals surface area contributed by atoms with Crippen LogP contribution < -0.4 is 4.74 Å². The SMILES string of the molecule is C=CCN1CC[C@@H](Oc2ccc(F)cc2)[C@H](c2ccccc2)C1. The minimum Gasteiger partial charge on any atom is -0.490 e. The predicted octanol–water partition coefficient (Wildman–Crippen LogP) is 4.25. The molecule has 0 N–H and O–H groups in total. The van der Waals surface area contributed by atoms with Gasteiger partial charge < -0.3 is 4.74 Å². The van der Waals surface area contributed by atoms with E-state index in [1.54, 1.807) is 12.1 Å². The minimum atomic E-state index is -0.238. The zero-order valence-corrected chi connectivity index (χ0v) is 13.2. The molecule has 120 valence electrons. The third-order valence-corrected chi connectivity index (χ3v) is 4.35. The average molecular weight is 311 g/mol. The summed E-state index contributed by atoms with van der Waals surface area (Å²) in [6.45, 7) is 6.67. The number of rotatable bonds is 5. The molecule has 0 radical (unpaired) electrons. The van der Waals surface area contributed by atoms with E-state index in [1.165, 1.54) is 17.7 Å². The Morgan fingerprint density at radius 2 is 1.87 bits per heavy atom. The minimum absolute atomic E-state index is 0.101. The Hall–Kier alpha value is -2.13. The van der Waals surface area contributed by atoms with Crippen molar-refractivity contribution in [1.29, 1.82) is 0 Å². The summed E-state index contributed by atoms with van der Waals surface area (Å²) in [6, 6.07) is 16.8. The van der Waals surface area contributed by atoms with Crippen molar-refractivity contribution in [1.82, 2.24) is 4.90 Å². The van der Waals surface area contributed by atoms with Crippen LogP contribution in [0.3, 0.4) is 0 Å². The summed E-state index contributed by atoms with van der Waals surface area (Å²) in [4.78, 5) is 2.40. The van der Waals surface area contributed by atoms with E-state index in [9.17, 15) is 4.39 Å². The number of hydrogen-bond acceptors (Lipinski definition) is 2. The van der Waals surface area contributed by atoms with E-state index in [0.29, 0.717) is 5.92 Å². The van der Waals surface area contributed by atoms with Gasteiger partial charge in [-0.1, -0.05) is 36.4 Å². The van der Waals surface area contributed by atoms with Gasteiger partial charge in [-0.2, -0.15) is 0 Å². The van der Waals surface area contributed by atoms with Crippen LogP contribution in [0.1, 0.15) is 17.9 Å². The fourth-order valence-corrected chi connectivity index (χ4v) is 3.20. The molecule has 0 amide bonds. The Balaban J connectivity index is 1.79. The highest BCUT2D eigenvalue weighted by atomic mass is 19.1. The first kappa shape index (κ1) is 15.8. The highest BCUT2D eigenvalue weighted by Crippen LogP contribution is 2.30. The number of piperidine rings is 1. The number of hydrogen-bond donors (Lipinski definition) is 0. The van der Waals surface area contributed by atoms with Crippen molar-refractivity contribution < 1.29 is 9.13 Å². The van der Waals surface area contributed by atoms with Crippen LogP contribution in [0, 0.1) is 5.82 Å². The van der Waals surface area contributed by atoms with Gasteiger partial charge in [-0.25, -0.2) is 4.39 Å². The summed E-state index contributed by atoms with van der Waals surface area (Å²) in [6.07, 6.45) is 3.00. The standard InChI is InChI=1S/C20H22FNO/c1-2-13-22-14-12-20(23-18-10-8-17(21)9-11-18)19(15-22)16-6-4-3-5-7-16/h2-11,19-20H,1,12-15H2/t19-,20+/m0/s1. The van der Waals surface area contributed by atoms with Crippen molar-refractivity contribution >= 4 is 0 Å². The second-order valence-electron chi connectivity index (χ2n) is 5.96. The lowest BCUT2D eigenvalue weighted by Crippen LogP contribution is -2.44. The summed E-state index contributed by atoms with van der Waals surface area (Å²) in [7, 11) is 0. The lowest BCUT2D eigenvalue weighted by atomic mass is 9.87. The first-order valence-corrected chi connectivity index (χ1v) is 8.06. The van der Waals surface area contributed by atoms with Crippen molar-refractivity contribution in [2.75, 3.05) is 19.6 Å². The maximum absolute atomic E-state index is 13.1. The molecule has 0 spiro atoms. The Bertz CT molecular complexity index is 626. The smallest absolute Gasteiger partial charge is 0.123 e. The molecule has 1 heterocycles. The molecule has 0 aromatic heterocycles. The van der Waals surface area contributed by atoms with Crippen LogP contribution >= 0.6 is 0 Å². The summed E-state index contributed by atoms with van der Waals surface area (Å²) >= 11 is 0. The van der Waals surface area contributed by atoms with Crippen LogP contribution in [-0.4, -0.2) is 30.6 Å². The van der Waals surface area contributed by atoms with Gasteiger partial charge in [0.2, 0.25) is 0 Å². The molecular formula is C20H22FNO. The molecule has 3 rings (SSSR count). The van der Waals surface area contributed by atoms with Gasteiger partial charge in [-0.05, 0) is 36.2 Å².